The number of nitrogens with zero attached hydrogens (tertiary/aromatic N) is 2. The average molecular weight is 172 g/mol. The van der Waals surface area contributed by atoms with E-state index in [2.05, 4.69) is 4.98 Å². The summed E-state index contributed by atoms with van der Waals surface area (Å²) in [4.78, 5) is 24.3. The molecule has 0 spiro atoms. The highest BCUT2D eigenvalue weighted by Gasteiger charge is 2.17. The molecule has 0 saturated carbocycles. The fourth-order valence-corrected chi connectivity index (χ4v) is 0.663. The van der Waals surface area contributed by atoms with Crippen LogP contribution in [-0.2, 0) is 4.79 Å². The van der Waals surface area contributed by atoms with Crippen LogP contribution in [0.15, 0.2) is 23.4 Å². The van der Waals surface area contributed by atoms with E-state index in [0.717, 1.165) is 18.6 Å². The fourth-order valence-electron chi connectivity index (χ4n) is 0.663. The van der Waals surface area contributed by atoms with Crippen molar-refractivity contribution < 1.29 is 14.3 Å². The summed E-state index contributed by atoms with van der Waals surface area (Å²) in [5, 5.41) is 8.20. The van der Waals surface area contributed by atoms with Crippen LogP contribution in [0.4, 0.5) is 4.39 Å². The van der Waals surface area contributed by atoms with Crippen molar-refractivity contribution in [1.82, 2.24) is 9.55 Å². The Morgan fingerprint density at radius 1 is 1.75 bits per heavy atom. The first-order valence-electron chi connectivity index (χ1n) is 3.02. The zero-order chi connectivity index (χ0) is 9.14. The van der Waals surface area contributed by atoms with E-state index in [0.29, 0.717) is 4.57 Å². The topological polar surface area (TPSA) is 72.2 Å². The second-order valence-electron chi connectivity index (χ2n) is 2.00. The summed E-state index contributed by atoms with van der Waals surface area (Å²) >= 11 is 0. The number of alkyl halides is 1. The molecule has 0 amide bonds. The Morgan fingerprint density at radius 2 is 2.42 bits per heavy atom. The monoisotopic (exact) mass is 172 g/mol. The van der Waals surface area contributed by atoms with Crippen molar-refractivity contribution in [1.29, 1.82) is 0 Å². The van der Waals surface area contributed by atoms with Gasteiger partial charge in [0.25, 0.3) is 11.9 Å². The SMILES string of the molecule is O=C(O)C(F)n1ccncc1=O. The van der Waals surface area contributed by atoms with E-state index < -0.39 is 17.8 Å². The molecule has 0 fully saturated rings. The third-order valence-electron chi connectivity index (χ3n) is 1.20. The summed E-state index contributed by atoms with van der Waals surface area (Å²) in [6.07, 6.45) is 0.605. The summed E-state index contributed by atoms with van der Waals surface area (Å²) < 4.78 is 13.1. The molecule has 1 heterocycles. The molecule has 12 heavy (non-hydrogen) atoms. The molecule has 6 heteroatoms. The van der Waals surface area contributed by atoms with Crippen LogP contribution in [0.5, 0.6) is 0 Å². The zero-order valence-electron chi connectivity index (χ0n) is 5.85. The van der Waals surface area contributed by atoms with E-state index in [1.807, 2.05) is 0 Å². The van der Waals surface area contributed by atoms with Crippen LogP contribution in [0, 0.1) is 0 Å². The van der Waals surface area contributed by atoms with Crippen molar-refractivity contribution >= 4 is 5.97 Å². The van der Waals surface area contributed by atoms with E-state index in [-0.39, 0.29) is 0 Å². The number of carbonyl (C=O) groups is 1. The minimum absolute atomic E-state index is 0.440. The predicted molar refractivity (Wildman–Crippen MR) is 36.3 cm³/mol. The lowest BCUT2D eigenvalue weighted by atomic mass is 10.5. The van der Waals surface area contributed by atoms with Gasteiger partial charge in [0, 0.05) is 12.4 Å². The number of aliphatic carboxylic acids is 1. The maximum absolute atomic E-state index is 12.7. The van der Waals surface area contributed by atoms with E-state index in [9.17, 15) is 14.0 Å². The Hall–Kier alpha value is -1.72. The van der Waals surface area contributed by atoms with E-state index >= 15 is 0 Å². The second kappa shape index (κ2) is 3.12. The maximum Gasteiger partial charge on any atom is 0.360 e. The highest BCUT2D eigenvalue weighted by Crippen LogP contribution is 2.02. The highest BCUT2D eigenvalue weighted by molar-refractivity contribution is 5.70. The smallest absolute Gasteiger partial charge is 0.360 e. The molecular weight excluding hydrogens is 167 g/mol. The van der Waals surface area contributed by atoms with Crippen LogP contribution < -0.4 is 5.56 Å². The van der Waals surface area contributed by atoms with Crippen molar-refractivity contribution in [2.75, 3.05) is 0 Å². The number of aromatic nitrogens is 2. The van der Waals surface area contributed by atoms with E-state index in [4.69, 9.17) is 5.11 Å². The molecule has 1 N–H and O–H groups in total. The lowest BCUT2D eigenvalue weighted by Gasteiger charge is -2.04. The molecule has 1 rings (SSSR count). The van der Waals surface area contributed by atoms with Gasteiger partial charge < -0.3 is 5.11 Å². The Morgan fingerprint density at radius 3 is 2.92 bits per heavy atom. The lowest BCUT2D eigenvalue weighted by molar-refractivity contribution is -0.146. The quantitative estimate of drug-likeness (QED) is 0.670. The van der Waals surface area contributed by atoms with Crippen molar-refractivity contribution in [3.8, 4) is 0 Å². The van der Waals surface area contributed by atoms with Gasteiger partial charge in [-0.15, -0.1) is 0 Å². The van der Waals surface area contributed by atoms with Crippen molar-refractivity contribution in [2.45, 2.75) is 6.30 Å². The molecule has 1 unspecified atom stereocenters. The molecular formula is C6H5FN2O3. The molecule has 0 bridgehead atoms. The third-order valence-corrected chi connectivity index (χ3v) is 1.20. The molecule has 0 radical (unpaired) electrons. The molecule has 5 nitrogen and oxygen atoms in total. The zero-order valence-corrected chi connectivity index (χ0v) is 5.85. The molecule has 1 aromatic rings. The van der Waals surface area contributed by atoms with Gasteiger partial charge in [-0.3, -0.25) is 14.3 Å². The summed E-state index contributed by atoms with van der Waals surface area (Å²) in [5.74, 6) is -1.71. The van der Waals surface area contributed by atoms with Gasteiger partial charge in [-0.05, 0) is 0 Å². The van der Waals surface area contributed by atoms with Gasteiger partial charge in [0.15, 0.2) is 0 Å². The number of rotatable bonds is 2. The summed E-state index contributed by atoms with van der Waals surface area (Å²) in [7, 11) is 0. The first-order chi connectivity index (χ1) is 5.63. The average Bonchev–Trinajstić information content (AvgIpc) is 2.04. The van der Waals surface area contributed by atoms with Gasteiger partial charge in [0.2, 0.25) is 0 Å². The Bertz CT molecular complexity index is 349. The van der Waals surface area contributed by atoms with Gasteiger partial charge in [0.1, 0.15) is 0 Å². The first-order valence-corrected chi connectivity index (χ1v) is 3.02. The molecule has 0 aliphatic heterocycles. The van der Waals surface area contributed by atoms with Gasteiger partial charge in [-0.25, -0.2) is 9.18 Å². The van der Waals surface area contributed by atoms with Crippen molar-refractivity contribution in [3.63, 3.8) is 0 Å². The van der Waals surface area contributed by atoms with Crippen molar-refractivity contribution in [2.24, 2.45) is 0 Å². The standard InChI is InChI=1S/C6H5FN2O3/c7-5(6(11)12)9-2-1-8-3-4(9)10/h1-3,5H,(H,11,12). The van der Waals surface area contributed by atoms with E-state index in [1.54, 1.807) is 0 Å². The molecule has 0 saturated heterocycles. The number of carboxylic acid groups (broad SMARTS) is 1. The molecule has 0 aliphatic carbocycles. The molecule has 1 atom stereocenters. The van der Waals surface area contributed by atoms with Gasteiger partial charge in [0.05, 0.1) is 6.20 Å². The Kier molecular flexibility index (Phi) is 2.18. The normalized spacial score (nSPS) is 12.4. The number of halogens is 1. The third kappa shape index (κ3) is 1.47. The minimum atomic E-state index is -2.35. The van der Waals surface area contributed by atoms with Gasteiger partial charge in [-0.1, -0.05) is 0 Å². The number of carboxylic acids is 1. The minimum Gasteiger partial charge on any atom is -0.478 e. The van der Waals surface area contributed by atoms with Crippen molar-refractivity contribution in [3.05, 3.63) is 28.9 Å². The van der Waals surface area contributed by atoms with Crippen LogP contribution in [0.25, 0.3) is 0 Å². The van der Waals surface area contributed by atoms with Crippen LogP contribution in [0.3, 0.4) is 0 Å². The maximum atomic E-state index is 12.7. The molecule has 0 aromatic carbocycles. The Balaban J connectivity index is 3.11. The first kappa shape index (κ1) is 8.38. The molecule has 1 aromatic heterocycles. The van der Waals surface area contributed by atoms with Crippen LogP contribution in [0.2, 0.25) is 0 Å². The second-order valence-corrected chi connectivity index (χ2v) is 2.00. The molecule has 64 valence electrons. The van der Waals surface area contributed by atoms with Gasteiger partial charge in [-0.2, -0.15) is 0 Å². The predicted octanol–water partition coefficient (Wildman–Crippen LogP) is -0.204. The number of hydrogen-bond acceptors (Lipinski definition) is 3. The Labute approximate surface area is 66.1 Å². The van der Waals surface area contributed by atoms with Crippen LogP contribution in [0.1, 0.15) is 6.30 Å². The van der Waals surface area contributed by atoms with E-state index in [1.165, 1.54) is 0 Å². The highest BCUT2D eigenvalue weighted by atomic mass is 19.1. The van der Waals surface area contributed by atoms with Crippen LogP contribution >= 0.6 is 0 Å². The lowest BCUT2D eigenvalue weighted by Crippen LogP contribution is -2.26. The fraction of sp³-hybridized carbons (Fsp3) is 0.167. The number of hydrogen-bond donors (Lipinski definition) is 1. The van der Waals surface area contributed by atoms with Gasteiger partial charge >= 0.3 is 5.97 Å². The summed E-state index contributed by atoms with van der Waals surface area (Å²) in [5.41, 5.74) is -0.785. The summed E-state index contributed by atoms with van der Waals surface area (Å²) in [6.45, 7) is 0. The largest absolute Gasteiger partial charge is 0.478 e. The molecule has 0 aliphatic rings. The van der Waals surface area contributed by atoms with Crippen LogP contribution in [-0.4, -0.2) is 20.6 Å². The summed E-state index contributed by atoms with van der Waals surface area (Å²) in [6, 6.07) is 0.